The van der Waals surface area contributed by atoms with Crippen molar-refractivity contribution in [1.29, 1.82) is 0 Å². The molecule has 11 heteroatoms. The summed E-state index contributed by atoms with van der Waals surface area (Å²) < 4.78 is 48.6. The fraction of sp³-hybridized carbons (Fsp3) is 0.958. The second kappa shape index (κ2) is 22.6. The van der Waals surface area contributed by atoms with Crippen molar-refractivity contribution >= 4 is 14.3 Å². The standard InChI is InChI=1S/C24H50O10Si/c1-24(2,3)35(5,6)34-22-21-33-20-19-32-18-17-31-16-15-30-14-13-29-12-11-28-10-9-27-8-7-23(25)26-4/h7-22H2,1-6H3. The van der Waals surface area contributed by atoms with E-state index in [9.17, 15) is 4.79 Å². The Morgan fingerprint density at radius 1 is 0.543 bits per heavy atom. The first-order valence-electron chi connectivity index (χ1n) is 12.5. The minimum Gasteiger partial charge on any atom is -0.469 e. The van der Waals surface area contributed by atoms with Gasteiger partial charge in [-0.3, -0.25) is 4.79 Å². The lowest BCUT2D eigenvalue weighted by molar-refractivity contribution is -0.141. The van der Waals surface area contributed by atoms with Crippen molar-refractivity contribution < 1.29 is 47.1 Å². The molecule has 0 N–H and O–H groups in total. The Morgan fingerprint density at radius 3 is 1.11 bits per heavy atom. The van der Waals surface area contributed by atoms with Gasteiger partial charge in [-0.15, -0.1) is 0 Å². The summed E-state index contributed by atoms with van der Waals surface area (Å²) in [5.74, 6) is -0.280. The predicted octanol–water partition coefficient (Wildman–Crippen LogP) is 2.69. The third kappa shape index (κ3) is 22.3. The highest BCUT2D eigenvalue weighted by Crippen LogP contribution is 2.36. The van der Waals surface area contributed by atoms with Crippen molar-refractivity contribution in [2.24, 2.45) is 0 Å². The van der Waals surface area contributed by atoms with E-state index in [0.29, 0.717) is 99.1 Å². The van der Waals surface area contributed by atoms with Crippen LogP contribution in [0.25, 0.3) is 0 Å². The first kappa shape index (κ1) is 34.4. The molecule has 0 rings (SSSR count). The number of methoxy groups -OCH3 is 1. The van der Waals surface area contributed by atoms with Crippen LogP contribution in [0.15, 0.2) is 0 Å². The molecule has 0 aromatic carbocycles. The van der Waals surface area contributed by atoms with Gasteiger partial charge in [0.2, 0.25) is 0 Å². The van der Waals surface area contributed by atoms with Gasteiger partial charge < -0.3 is 42.3 Å². The van der Waals surface area contributed by atoms with E-state index in [4.69, 9.17) is 37.6 Å². The molecule has 0 aliphatic carbocycles. The maximum Gasteiger partial charge on any atom is 0.307 e. The van der Waals surface area contributed by atoms with Crippen LogP contribution < -0.4 is 0 Å². The Labute approximate surface area is 213 Å². The molecule has 10 nitrogen and oxygen atoms in total. The van der Waals surface area contributed by atoms with Gasteiger partial charge in [0.15, 0.2) is 8.32 Å². The van der Waals surface area contributed by atoms with Crippen LogP contribution in [0.3, 0.4) is 0 Å². The zero-order chi connectivity index (χ0) is 26.3. The predicted molar refractivity (Wildman–Crippen MR) is 136 cm³/mol. The normalized spacial score (nSPS) is 12.3. The van der Waals surface area contributed by atoms with E-state index in [2.05, 4.69) is 38.6 Å². The molecule has 35 heavy (non-hydrogen) atoms. The zero-order valence-electron chi connectivity index (χ0n) is 22.9. The first-order valence-corrected chi connectivity index (χ1v) is 15.4. The number of ether oxygens (including phenoxy) is 8. The first-order chi connectivity index (χ1) is 16.7. The monoisotopic (exact) mass is 526 g/mol. The van der Waals surface area contributed by atoms with Gasteiger partial charge in [0.25, 0.3) is 0 Å². The van der Waals surface area contributed by atoms with E-state index in [-0.39, 0.29) is 17.4 Å². The Balaban J connectivity index is 3.17. The molecule has 0 fully saturated rings. The highest BCUT2D eigenvalue weighted by Gasteiger charge is 2.36. The molecule has 0 heterocycles. The van der Waals surface area contributed by atoms with Gasteiger partial charge in [0, 0.05) is 0 Å². The maximum absolute atomic E-state index is 10.9. The second-order valence-corrected chi connectivity index (χ2v) is 14.0. The van der Waals surface area contributed by atoms with E-state index in [1.54, 1.807) is 0 Å². The molecule has 0 radical (unpaired) electrons. The summed E-state index contributed by atoms with van der Waals surface area (Å²) in [4.78, 5) is 10.9. The summed E-state index contributed by atoms with van der Waals surface area (Å²) in [5.41, 5.74) is 0. The number of rotatable bonds is 25. The molecule has 0 aromatic heterocycles. The van der Waals surface area contributed by atoms with Crippen molar-refractivity contribution in [1.82, 2.24) is 0 Å². The average molecular weight is 527 g/mol. The fourth-order valence-corrected chi connectivity index (χ4v) is 3.28. The Bertz CT molecular complexity index is 485. The van der Waals surface area contributed by atoms with Crippen LogP contribution in [0.2, 0.25) is 18.1 Å². The summed E-state index contributed by atoms with van der Waals surface area (Å²) in [6.45, 7) is 18.8. The van der Waals surface area contributed by atoms with Gasteiger partial charge in [0.05, 0.1) is 113 Å². The van der Waals surface area contributed by atoms with Crippen LogP contribution in [-0.2, 0) is 47.1 Å². The van der Waals surface area contributed by atoms with Crippen LogP contribution in [0.5, 0.6) is 0 Å². The Kier molecular flexibility index (Phi) is 22.1. The van der Waals surface area contributed by atoms with Crippen molar-refractivity contribution in [3.63, 3.8) is 0 Å². The average Bonchev–Trinajstić information content (AvgIpc) is 2.80. The molecule has 0 aliphatic rings. The minimum absolute atomic E-state index is 0.219. The topological polar surface area (TPSA) is 100 Å². The molecular weight excluding hydrogens is 476 g/mol. The van der Waals surface area contributed by atoms with E-state index in [1.165, 1.54) is 7.11 Å². The lowest BCUT2D eigenvalue weighted by atomic mass is 10.2. The summed E-state index contributed by atoms with van der Waals surface area (Å²) in [5, 5.41) is 0.219. The zero-order valence-corrected chi connectivity index (χ0v) is 23.9. The van der Waals surface area contributed by atoms with Gasteiger partial charge in [-0.2, -0.15) is 0 Å². The largest absolute Gasteiger partial charge is 0.469 e. The lowest BCUT2D eigenvalue weighted by Crippen LogP contribution is -2.41. The number of carbonyl (C=O) groups excluding carboxylic acids is 1. The number of hydrogen-bond donors (Lipinski definition) is 0. The molecule has 0 spiro atoms. The Morgan fingerprint density at radius 2 is 0.829 bits per heavy atom. The highest BCUT2D eigenvalue weighted by molar-refractivity contribution is 6.74. The van der Waals surface area contributed by atoms with E-state index in [1.807, 2.05) is 0 Å². The highest BCUT2D eigenvalue weighted by atomic mass is 28.4. The molecule has 0 bridgehead atoms. The van der Waals surface area contributed by atoms with Crippen molar-refractivity contribution in [2.45, 2.75) is 45.3 Å². The van der Waals surface area contributed by atoms with Gasteiger partial charge in [-0.1, -0.05) is 20.8 Å². The quantitative estimate of drug-likeness (QED) is 0.100. The van der Waals surface area contributed by atoms with Crippen LogP contribution >= 0.6 is 0 Å². The number of esters is 1. The summed E-state index contributed by atoms with van der Waals surface area (Å²) in [6.07, 6.45) is 0.252. The van der Waals surface area contributed by atoms with Crippen LogP contribution in [0.1, 0.15) is 27.2 Å². The smallest absolute Gasteiger partial charge is 0.307 e. The van der Waals surface area contributed by atoms with Gasteiger partial charge in [0.1, 0.15) is 0 Å². The molecular formula is C24H50O10Si. The van der Waals surface area contributed by atoms with Crippen LogP contribution in [0.4, 0.5) is 0 Å². The van der Waals surface area contributed by atoms with Gasteiger partial charge in [-0.05, 0) is 18.1 Å². The molecule has 0 unspecified atom stereocenters. The molecule has 0 saturated carbocycles. The fourth-order valence-electron chi connectivity index (χ4n) is 2.25. The van der Waals surface area contributed by atoms with Crippen molar-refractivity contribution in [3.8, 4) is 0 Å². The third-order valence-corrected chi connectivity index (χ3v) is 9.95. The van der Waals surface area contributed by atoms with E-state index < -0.39 is 8.32 Å². The van der Waals surface area contributed by atoms with E-state index in [0.717, 1.165) is 0 Å². The molecule has 0 saturated heterocycles. The summed E-state index contributed by atoms with van der Waals surface area (Å²) >= 11 is 0. The molecule has 0 atom stereocenters. The van der Waals surface area contributed by atoms with Crippen LogP contribution in [0, 0.1) is 0 Å². The summed E-state index contributed by atoms with van der Waals surface area (Å²) in [7, 11) is -0.334. The Hall–Kier alpha value is -0.633. The van der Waals surface area contributed by atoms with Crippen molar-refractivity contribution in [3.05, 3.63) is 0 Å². The van der Waals surface area contributed by atoms with E-state index >= 15 is 0 Å². The number of carbonyl (C=O) groups is 1. The van der Waals surface area contributed by atoms with Crippen molar-refractivity contribution in [2.75, 3.05) is 106 Å². The molecule has 0 aliphatic heterocycles. The lowest BCUT2D eigenvalue weighted by Gasteiger charge is -2.36. The SMILES string of the molecule is COC(=O)CCOCCOCCOCCOCCOCCOCCOCCO[Si](C)(C)C(C)(C)C. The van der Waals surface area contributed by atoms with Gasteiger partial charge in [-0.25, -0.2) is 0 Å². The maximum atomic E-state index is 10.9. The molecule has 0 amide bonds. The molecule has 0 aromatic rings. The van der Waals surface area contributed by atoms with Gasteiger partial charge >= 0.3 is 5.97 Å². The number of hydrogen-bond acceptors (Lipinski definition) is 10. The minimum atomic E-state index is -1.69. The summed E-state index contributed by atoms with van der Waals surface area (Å²) in [6, 6.07) is 0. The third-order valence-electron chi connectivity index (χ3n) is 5.41. The second-order valence-electron chi connectivity index (χ2n) is 9.22. The van der Waals surface area contributed by atoms with Crippen LogP contribution in [-0.4, -0.2) is 120 Å². The molecule has 210 valence electrons.